The number of hydrogen-bond acceptors (Lipinski definition) is 7. The number of amides is 1. The fourth-order valence-electron chi connectivity index (χ4n) is 3.80. The van der Waals surface area contributed by atoms with Gasteiger partial charge < -0.3 is 25.1 Å². The molecule has 30 heavy (non-hydrogen) atoms. The summed E-state index contributed by atoms with van der Waals surface area (Å²) in [6, 6.07) is 8.75. The Morgan fingerprint density at radius 2 is 1.90 bits per heavy atom. The summed E-state index contributed by atoms with van der Waals surface area (Å²) in [4.78, 5) is 38.8. The van der Waals surface area contributed by atoms with E-state index in [0.717, 1.165) is 11.3 Å². The molecule has 0 aliphatic carbocycles. The maximum absolute atomic E-state index is 12.7. The molecule has 0 saturated heterocycles. The van der Waals surface area contributed by atoms with Gasteiger partial charge in [0, 0.05) is 13.1 Å². The Bertz CT molecular complexity index is 1170. The number of β-amino-alcohol motifs (C(OH)–C–C–N with tert-alkyl or cyclic N) is 1. The van der Waals surface area contributed by atoms with Crippen molar-refractivity contribution in [2.45, 2.75) is 32.9 Å². The minimum absolute atomic E-state index is 0.126. The first-order valence-corrected chi connectivity index (χ1v) is 9.89. The van der Waals surface area contributed by atoms with E-state index >= 15 is 0 Å². The molecular formula is C22H23N3O5. The number of nitrogens with one attached hydrogen (secondary N) is 2. The summed E-state index contributed by atoms with van der Waals surface area (Å²) in [5.74, 6) is 1.23. The van der Waals surface area contributed by atoms with Gasteiger partial charge >= 0.3 is 0 Å². The number of anilines is 3. The smallest absolute Gasteiger partial charge is 0.256 e. The third kappa shape index (κ3) is 3.29. The van der Waals surface area contributed by atoms with E-state index in [2.05, 4.69) is 10.6 Å². The zero-order chi connectivity index (χ0) is 21.4. The second-order valence-corrected chi connectivity index (χ2v) is 7.38. The number of carbonyl (C=O) groups is 1. The van der Waals surface area contributed by atoms with Crippen LogP contribution in [-0.2, 0) is 6.54 Å². The van der Waals surface area contributed by atoms with Gasteiger partial charge in [-0.15, -0.1) is 0 Å². The van der Waals surface area contributed by atoms with E-state index in [0.29, 0.717) is 30.0 Å². The number of rotatable bonds is 8. The summed E-state index contributed by atoms with van der Waals surface area (Å²) in [5.41, 5.74) is 0.843. The number of hydrogen-bond donors (Lipinski definition) is 3. The topological polar surface area (TPSA) is 112 Å². The number of fused-ring (bicyclic) bond motifs is 1. The Kier molecular flexibility index (Phi) is 5.17. The van der Waals surface area contributed by atoms with Gasteiger partial charge in [-0.05, 0) is 37.1 Å². The number of benzene rings is 1. The lowest BCUT2D eigenvalue weighted by Gasteiger charge is -2.21. The van der Waals surface area contributed by atoms with Crippen molar-refractivity contribution in [1.29, 1.82) is 0 Å². The van der Waals surface area contributed by atoms with Crippen molar-refractivity contribution in [3.63, 3.8) is 0 Å². The molecule has 3 N–H and O–H groups in total. The largest absolute Gasteiger partial charge is 0.464 e. The zero-order valence-electron chi connectivity index (χ0n) is 16.8. The molecule has 3 aromatic rings. The van der Waals surface area contributed by atoms with Gasteiger partial charge in [0.1, 0.15) is 22.9 Å². The highest BCUT2D eigenvalue weighted by molar-refractivity contribution is 6.04. The monoisotopic (exact) mass is 409 g/mol. The molecule has 4 rings (SSSR count). The summed E-state index contributed by atoms with van der Waals surface area (Å²) < 4.78 is 5.66. The molecule has 2 heterocycles. The summed E-state index contributed by atoms with van der Waals surface area (Å²) in [5, 5.41) is 15.3. The van der Waals surface area contributed by atoms with Crippen molar-refractivity contribution in [3.05, 3.63) is 73.4 Å². The highest BCUT2D eigenvalue weighted by Crippen LogP contribution is 2.33. The molecule has 8 heteroatoms. The van der Waals surface area contributed by atoms with Crippen LogP contribution in [0.15, 0.2) is 44.3 Å². The Hall–Kier alpha value is -3.39. The van der Waals surface area contributed by atoms with Crippen LogP contribution >= 0.6 is 0 Å². The lowest BCUT2D eigenvalue weighted by Crippen LogP contribution is -2.37. The predicted molar refractivity (Wildman–Crippen MR) is 113 cm³/mol. The zero-order valence-corrected chi connectivity index (χ0v) is 16.8. The van der Waals surface area contributed by atoms with Crippen LogP contribution in [0.2, 0.25) is 0 Å². The average Bonchev–Trinajstić information content (AvgIpc) is 3.31. The van der Waals surface area contributed by atoms with Gasteiger partial charge in [0.05, 0.1) is 23.9 Å². The fourth-order valence-corrected chi connectivity index (χ4v) is 3.80. The standard InChI is InChI=1S/C22H23N3O5/c1-3-14(16-8-7-12(2)30-16)23-18-19(21(28)20(18)27)24-15-6-4-5-13-11-25(9-10-26)22(29)17(13)15/h4-8,14,23-24,26H,3,9-11H2,1-2H3. The summed E-state index contributed by atoms with van der Waals surface area (Å²) in [6.07, 6.45) is 0.653. The summed E-state index contributed by atoms with van der Waals surface area (Å²) >= 11 is 0. The molecule has 0 bridgehead atoms. The maximum atomic E-state index is 12.7. The van der Waals surface area contributed by atoms with Crippen molar-refractivity contribution in [3.8, 4) is 0 Å². The van der Waals surface area contributed by atoms with Crippen molar-refractivity contribution in [2.24, 2.45) is 0 Å². The molecule has 8 nitrogen and oxygen atoms in total. The molecule has 1 aromatic heterocycles. The van der Waals surface area contributed by atoms with Gasteiger partial charge in [-0.1, -0.05) is 19.1 Å². The highest BCUT2D eigenvalue weighted by Gasteiger charge is 2.31. The van der Waals surface area contributed by atoms with E-state index in [1.54, 1.807) is 17.0 Å². The van der Waals surface area contributed by atoms with Crippen LogP contribution in [0, 0.1) is 6.92 Å². The third-order valence-electron chi connectivity index (χ3n) is 5.38. The Labute approximate surface area is 172 Å². The minimum atomic E-state index is -0.627. The lowest BCUT2D eigenvalue weighted by atomic mass is 10.1. The Balaban J connectivity index is 1.62. The summed E-state index contributed by atoms with van der Waals surface area (Å²) in [6.45, 7) is 4.30. The second kappa shape index (κ2) is 7.79. The molecule has 1 aliphatic heterocycles. The molecule has 1 atom stereocenters. The first-order valence-electron chi connectivity index (χ1n) is 9.89. The van der Waals surface area contributed by atoms with Crippen molar-refractivity contribution >= 4 is 23.0 Å². The molecule has 0 spiro atoms. The minimum Gasteiger partial charge on any atom is -0.464 e. The van der Waals surface area contributed by atoms with E-state index in [4.69, 9.17) is 4.42 Å². The molecule has 0 radical (unpaired) electrons. The van der Waals surface area contributed by atoms with Crippen molar-refractivity contribution in [1.82, 2.24) is 4.90 Å². The van der Waals surface area contributed by atoms with Gasteiger partial charge in [0.15, 0.2) is 0 Å². The third-order valence-corrected chi connectivity index (χ3v) is 5.38. The van der Waals surface area contributed by atoms with E-state index in [1.165, 1.54) is 0 Å². The molecule has 0 fully saturated rings. The molecule has 1 aliphatic rings. The fraction of sp³-hybridized carbons (Fsp3) is 0.318. The van der Waals surface area contributed by atoms with Crippen LogP contribution in [0.5, 0.6) is 0 Å². The molecule has 2 aromatic carbocycles. The number of aliphatic hydroxyl groups excluding tert-OH is 1. The second-order valence-electron chi connectivity index (χ2n) is 7.38. The molecule has 156 valence electrons. The van der Waals surface area contributed by atoms with Crippen LogP contribution in [0.25, 0.3) is 0 Å². The number of carbonyl (C=O) groups excluding carboxylic acids is 1. The lowest BCUT2D eigenvalue weighted by molar-refractivity contribution is 0.0746. The Morgan fingerprint density at radius 3 is 2.57 bits per heavy atom. The normalized spacial score (nSPS) is 14.2. The number of aliphatic hydroxyl groups is 1. The van der Waals surface area contributed by atoms with Crippen LogP contribution in [-0.4, -0.2) is 29.1 Å². The predicted octanol–water partition coefficient (Wildman–Crippen LogP) is 2.44. The SMILES string of the molecule is CCC(Nc1c(Nc2cccc3c2C(=O)N(CCO)C3)c(=O)c1=O)c1ccc(C)o1. The van der Waals surface area contributed by atoms with E-state index in [-0.39, 0.29) is 36.5 Å². The van der Waals surface area contributed by atoms with Gasteiger partial charge in [-0.25, -0.2) is 0 Å². The molecular weight excluding hydrogens is 386 g/mol. The number of aryl methyl sites for hydroxylation is 1. The van der Waals surface area contributed by atoms with E-state index < -0.39 is 10.9 Å². The molecule has 1 unspecified atom stereocenters. The van der Waals surface area contributed by atoms with Crippen molar-refractivity contribution < 1.29 is 14.3 Å². The first-order chi connectivity index (χ1) is 14.4. The average molecular weight is 409 g/mol. The van der Waals surface area contributed by atoms with Crippen LogP contribution < -0.4 is 21.5 Å². The Morgan fingerprint density at radius 1 is 1.13 bits per heavy atom. The number of furan rings is 1. The van der Waals surface area contributed by atoms with E-state index in [9.17, 15) is 19.5 Å². The molecule has 1 amide bonds. The first kappa shape index (κ1) is 19.9. The molecule has 0 saturated carbocycles. The summed E-state index contributed by atoms with van der Waals surface area (Å²) in [7, 11) is 0. The highest BCUT2D eigenvalue weighted by atomic mass is 16.3. The van der Waals surface area contributed by atoms with Crippen molar-refractivity contribution in [2.75, 3.05) is 23.8 Å². The van der Waals surface area contributed by atoms with Gasteiger partial charge in [0.25, 0.3) is 16.8 Å². The van der Waals surface area contributed by atoms with Crippen LogP contribution in [0.4, 0.5) is 17.1 Å². The van der Waals surface area contributed by atoms with Gasteiger partial charge in [0.2, 0.25) is 0 Å². The van der Waals surface area contributed by atoms with Crippen LogP contribution in [0.3, 0.4) is 0 Å². The van der Waals surface area contributed by atoms with Crippen LogP contribution in [0.1, 0.15) is 46.8 Å². The quantitative estimate of drug-likeness (QED) is 0.490. The van der Waals surface area contributed by atoms with Gasteiger partial charge in [-0.3, -0.25) is 14.4 Å². The maximum Gasteiger partial charge on any atom is 0.256 e. The van der Waals surface area contributed by atoms with E-state index in [1.807, 2.05) is 32.0 Å². The number of nitrogens with zero attached hydrogens (tertiary/aromatic N) is 1. The van der Waals surface area contributed by atoms with Gasteiger partial charge in [-0.2, -0.15) is 0 Å².